The molecule has 1 aromatic carbocycles. The van der Waals surface area contributed by atoms with Crippen molar-refractivity contribution in [2.45, 2.75) is 45.1 Å². The average molecular weight is 256 g/mol. The number of rotatable bonds is 3. The molecule has 0 bridgehead atoms. The third-order valence-corrected chi connectivity index (χ3v) is 3.60. The minimum Gasteiger partial charge on any atom is -1.00 e. The third-order valence-electron chi connectivity index (χ3n) is 3.60. The second kappa shape index (κ2) is 5.74. The lowest BCUT2D eigenvalue weighted by atomic mass is 10.0. The molecule has 1 saturated carbocycles. The van der Waals surface area contributed by atoms with Crippen molar-refractivity contribution in [1.29, 1.82) is 0 Å². The fraction of sp³-hybridized carbons (Fsp3) is 0.571. The molecule has 0 amide bonds. The van der Waals surface area contributed by atoms with Gasteiger partial charge in [-0.3, -0.25) is 0 Å². The third kappa shape index (κ3) is 3.36. The molecule has 1 aromatic rings. The van der Waals surface area contributed by atoms with Crippen LogP contribution in [0.5, 0.6) is 5.75 Å². The van der Waals surface area contributed by atoms with Gasteiger partial charge in [-0.2, -0.15) is 0 Å². The minimum absolute atomic E-state index is 0. The summed E-state index contributed by atoms with van der Waals surface area (Å²) in [6, 6.07) is 6.28. The summed E-state index contributed by atoms with van der Waals surface area (Å²) in [6.45, 7) is 4.97. The van der Waals surface area contributed by atoms with Crippen molar-refractivity contribution >= 4 is 0 Å². The lowest BCUT2D eigenvalue weighted by Gasteiger charge is -2.21. The van der Waals surface area contributed by atoms with Gasteiger partial charge in [0.15, 0.2) is 0 Å². The summed E-state index contributed by atoms with van der Waals surface area (Å²) in [5.41, 5.74) is 6.93. The monoisotopic (exact) mass is 255 g/mol. The number of quaternary nitrogens is 1. The first-order valence-electron chi connectivity index (χ1n) is 6.15. The number of ether oxygens (including phenoxy) is 1. The molecule has 3 heteroatoms. The molecule has 0 heterocycles. The fourth-order valence-corrected chi connectivity index (χ4v) is 2.52. The van der Waals surface area contributed by atoms with E-state index in [0.717, 1.165) is 12.4 Å². The highest BCUT2D eigenvalue weighted by atomic mass is 35.5. The second-order valence-corrected chi connectivity index (χ2v) is 5.22. The van der Waals surface area contributed by atoms with Gasteiger partial charge in [-0.1, -0.05) is 18.2 Å². The normalized spacial score (nSPS) is 17.6. The summed E-state index contributed by atoms with van der Waals surface area (Å²) < 4.78 is 5.99. The average Bonchev–Trinajstić information content (AvgIpc) is 2.65. The molecule has 96 valence electrons. The molecule has 0 saturated heterocycles. The molecule has 0 spiro atoms. The van der Waals surface area contributed by atoms with Gasteiger partial charge in [0.05, 0.1) is 0 Å². The van der Waals surface area contributed by atoms with E-state index >= 15 is 0 Å². The molecule has 1 fully saturated rings. The fourth-order valence-electron chi connectivity index (χ4n) is 2.52. The number of aryl methyl sites for hydroxylation is 2. The number of benzene rings is 1. The van der Waals surface area contributed by atoms with Crippen molar-refractivity contribution in [2.75, 3.05) is 6.61 Å². The van der Waals surface area contributed by atoms with Crippen LogP contribution in [0.15, 0.2) is 18.2 Å². The van der Waals surface area contributed by atoms with Crippen molar-refractivity contribution < 1.29 is 22.9 Å². The van der Waals surface area contributed by atoms with Gasteiger partial charge >= 0.3 is 0 Å². The van der Waals surface area contributed by atoms with Crippen molar-refractivity contribution in [3.05, 3.63) is 29.3 Å². The van der Waals surface area contributed by atoms with Crippen molar-refractivity contribution in [3.63, 3.8) is 0 Å². The first-order valence-corrected chi connectivity index (χ1v) is 6.15. The van der Waals surface area contributed by atoms with E-state index < -0.39 is 0 Å². The lowest BCUT2D eigenvalue weighted by molar-refractivity contribution is -0.479. The zero-order valence-electron chi connectivity index (χ0n) is 10.8. The number of hydrogen-bond acceptors (Lipinski definition) is 1. The van der Waals surface area contributed by atoms with Crippen LogP contribution in [-0.4, -0.2) is 12.1 Å². The van der Waals surface area contributed by atoms with Gasteiger partial charge in [0, 0.05) is 12.8 Å². The van der Waals surface area contributed by atoms with E-state index in [4.69, 9.17) is 4.74 Å². The Morgan fingerprint density at radius 3 is 2.24 bits per heavy atom. The molecule has 0 unspecified atom stereocenters. The smallest absolute Gasteiger partial charge is 0.143 e. The van der Waals surface area contributed by atoms with E-state index in [-0.39, 0.29) is 17.9 Å². The maximum Gasteiger partial charge on any atom is 0.143 e. The lowest BCUT2D eigenvalue weighted by Crippen LogP contribution is -3.00. The van der Waals surface area contributed by atoms with E-state index in [1.54, 1.807) is 0 Å². The van der Waals surface area contributed by atoms with Crippen molar-refractivity contribution in [2.24, 2.45) is 0 Å². The first-order chi connectivity index (χ1) is 7.61. The summed E-state index contributed by atoms with van der Waals surface area (Å²) in [6.07, 6.45) is 5.02. The Bertz CT molecular complexity index is 352. The largest absolute Gasteiger partial charge is 1.00 e. The highest BCUT2D eigenvalue weighted by molar-refractivity contribution is 5.39. The van der Waals surface area contributed by atoms with Crippen LogP contribution in [0.3, 0.4) is 0 Å². The molecule has 0 atom stereocenters. The summed E-state index contributed by atoms with van der Waals surface area (Å²) >= 11 is 0. The molecule has 17 heavy (non-hydrogen) atoms. The number of hydrogen-bond donors (Lipinski definition) is 1. The minimum atomic E-state index is 0. The summed E-state index contributed by atoms with van der Waals surface area (Å²) in [4.78, 5) is 0. The highest BCUT2D eigenvalue weighted by Crippen LogP contribution is 2.28. The van der Waals surface area contributed by atoms with E-state index in [1.165, 1.54) is 36.8 Å². The molecule has 3 N–H and O–H groups in total. The van der Waals surface area contributed by atoms with Crippen LogP contribution in [0.1, 0.15) is 36.8 Å². The van der Waals surface area contributed by atoms with Gasteiger partial charge in [-0.05, 0) is 37.8 Å². The molecule has 2 rings (SSSR count). The Balaban J connectivity index is 0.00000144. The molecular formula is C14H22ClNO. The van der Waals surface area contributed by atoms with Gasteiger partial charge in [0.1, 0.15) is 17.9 Å². The predicted octanol–water partition coefficient (Wildman–Crippen LogP) is -0.759. The maximum absolute atomic E-state index is 5.99. The molecule has 0 radical (unpaired) electrons. The van der Waals surface area contributed by atoms with Crippen LogP contribution < -0.4 is 22.9 Å². The molecule has 0 aromatic heterocycles. The Morgan fingerprint density at radius 1 is 1.18 bits per heavy atom. The van der Waals surface area contributed by atoms with E-state index in [9.17, 15) is 0 Å². The van der Waals surface area contributed by atoms with E-state index in [0.29, 0.717) is 0 Å². The topological polar surface area (TPSA) is 36.9 Å². The van der Waals surface area contributed by atoms with Gasteiger partial charge < -0.3 is 22.9 Å². The van der Waals surface area contributed by atoms with Gasteiger partial charge in [0.25, 0.3) is 0 Å². The molecule has 2 nitrogen and oxygen atoms in total. The quantitative estimate of drug-likeness (QED) is 0.758. The highest BCUT2D eigenvalue weighted by Gasteiger charge is 2.34. The van der Waals surface area contributed by atoms with Crippen LogP contribution in [-0.2, 0) is 0 Å². The van der Waals surface area contributed by atoms with Crippen LogP contribution in [0.25, 0.3) is 0 Å². The molecule has 1 aliphatic carbocycles. The molecular weight excluding hydrogens is 234 g/mol. The first kappa shape index (κ1) is 14.3. The SMILES string of the molecule is Cc1cccc(C)c1OCC1([NH3+])CCCC1.[Cl-]. The van der Waals surface area contributed by atoms with Gasteiger partial charge in [0.2, 0.25) is 0 Å². The zero-order valence-corrected chi connectivity index (χ0v) is 11.5. The summed E-state index contributed by atoms with van der Waals surface area (Å²) in [7, 11) is 0. The Morgan fingerprint density at radius 2 is 1.71 bits per heavy atom. The van der Waals surface area contributed by atoms with Crippen molar-refractivity contribution in [1.82, 2.24) is 0 Å². The van der Waals surface area contributed by atoms with Crippen LogP contribution >= 0.6 is 0 Å². The number of para-hydroxylation sites is 1. The molecule has 0 aliphatic heterocycles. The van der Waals surface area contributed by atoms with E-state index in [1.807, 2.05) is 0 Å². The van der Waals surface area contributed by atoms with Gasteiger partial charge in [-0.15, -0.1) is 0 Å². The Labute approximate surface area is 110 Å². The van der Waals surface area contributed by atoms with Crippen LogP contribution in [0.2, 0.25) is 0 Å². The second-order valence-electron chi connectivity index (χ2n) is 5.22. The van der Waals surface area contributed by atoms with Crippen LogP contribution in [0, 0.1) is 13.8 Å². The summed E-state index contributed by atoms with van der Waals surface area (Å²) in [5.74, 6) is 1.05. The number of halogens is 1. The zero-order chi connectivity index (χ0) is 11.6. The standard InChI is InChI=1S/C14H21NO.ClH/c1-11-6-5-7-12(2)13(11)16-10-14(15)8-3-4-9-14;/h5-7H,3-4,8-10,15H2,1-2H3;1H. The van der Waals surface area contributed by atoms with E-state index in [2.05, 4.69) is 37.8 Å². The molecule has 1 aliphatic rings. The van der Waals surface area contributed by atoms with Crippen LogP contribution in [0.4, 0.5) is 0 Å². The maximum atomic E-state index is 5.99. The Hall–Kier alpha value is -0.730. The van der Waals surface area contributed by atoms with Gasteiger partial charge in [-0.25, -0.2) is 0 Å². The van der Waals surface area contributed by atoms with Crippen molar-refractivity contribution in [3.8, 4) is 5.75 Å². The summed E-state index contributed by atoms with van der Waals surface area (Å²) in [5, 5.41) is 0. The predicted molar refractivity (Wildman–Crippen MR) is 65.5 cm³/mol. The Kier molecular flexibility index (Phi) is 4.84.